The molecule has 10 atom stereocenters. The minimum Gasteiger partial charge on any atom is -0.343 e. The van der Waals surface area contributed by atoms with Gasteiger partial charge in [0.25, 0.3) is 0 Å². The third-order valence-electron chi connectivity index (χ3n) is 17.9. The topological polar surface area (TPSA) is 56.3 Å². The molecule has 0 amide bonds. The van der Waals surface area contributed by atoms with Gasteiger partial charge in [0, 0.05) is 52.4 Å². The molecule has 2 saturated heterocycles. The molecule has 2 aromatic rings. The highest BCUT2D eigenvalue weighted by Crippen LogP contribution is 2.62. The molecule has 0 bridgehead atoms. The van der Waals surface area contributed by atoms with Crippen molar-refractivity contribution in [2.24, 2.45) is 28.2 Å². The average Bonchev–Trinajstić information content (AvgIpc) is 3.94. The smallest absolute Gasteiger partial charge is 0.206 e. The van der Waals surface area contributed by atoms with Crippen molar-refractivity contribution >= 4 is 28.6 Å². The summed E-state index contributed by atoms with van der Waals surface area (Å²) in [5.41, 5.74) is 17.8. The molecule has 69 heavy (non-hydrogen) atoms. The number of aliphatic imine (C=N–C) groups is 1. The first kappa shape index (κ1) is 43.8. The van der Waals surface area contributed by atoms with E-state index in [1.165, 1.54) is 87.5 Å². The lowest BCUT2D eigenvalue weighted by Gasteiger charge is -2.41. The molecular weight excluding hydrogens is 859 g/mol. The van der Waals surface area contributed by atoms with Crippen LogP contribution in [-0.4, -0.2) is 39.9 Å². The summed E-state index contributed by atoms with van der Waals surface area (Å²) in [6, 6.07) is 18.8. The summed E-state index contributed by atoms with van der Waals surface area (Å²) in [5, 5.41) is 12.0. The SMILES string of the molecule is CC12CC=CCC1N(C1=CC=CCC1)C1=C2C=CC2C1SC1CCC(C3=NCC(c4c(C5=CC=CCC5)cccc4C4=CC=CCC4)CC3=C3NC(c4ccccc4)NC(C4C=CCCC4)[NH2+]3)=CC12. The first-order valence-corrected chi connectivity index (χ1v) is 27.8. The third-order valence-corrected chi connectivity index (χ3v) is 19.6. The lowest BCUT2D eigenvalue weighted by molar-refractivity contribution is -0.671. The second-order valence-corrected chi connectivity index (χ2v) is 23.3. The van der Waals surface area contributed by atoms with Crippen LogP contribution in [0, 0.1) is 23.2 Å². The van der Waals surface area contributed by atoms with Crippen LogP contribution in [0.25, 0.3) is 11.1 Å². The van der Waals surface area contributed by atoms with Crippen molar-refractivity contribution in [2.45, 2.75) is 132 Å². The Bertz CT molecular complexity index is 2750. The summed E-state index contributed by atoms with van der Waals surface area (Å²) >= 11 is 2.32. The Morgan fingerprint density at radius 2 is 1.57 bits per heavy atom. The van der Waals surface area contributed by atoms with E-state index in [1.54, 1.807) is 11.3 Å². The molecule has 10 unspecified atom stereocenters. The molecule has 2 aromatic carbocycles. The van der Waals surface area contributed by atoms with Gasteiger partial charge in [-0.3, -0.25) is 10.3 Å². The second-order valence-electron chi connectivity index (χ2n) is 21.9. The van der Waals surface area contributed by atoms with Crippen molar-refractivity contribution < 1.29 is 5.32 Å². The number of fused-ring (bicyclic) bond motifs is 6. The fourth-order valence-corrected chi connectivity index (χ4v) is 16.3. The molecule has 4 aliphatic heterocycles. The van der Waals surface area contributed by atoms with Crippen LogP contribution in [0.5, 0.6) is 0 Å². The molecule has 13 rings (SSSR count). The van der Waals surface area contributed by atoms with E-state index in [0.29, 0.717) is 34.3 Å². The summed E-state index contributed by atoms with van der Waals surface area (Å²) in [7, 11) is 0. The Hall–Kier alpha value is -5.14. The maximum Gasteiger partial charge on any atom is 0.206 e. The van der Waals surface area contributed by atoms with Gasteiger partial charge in [-0.2, -0.15) is 0 Å². The van der Waals surface area contributed by atoms with Crippen LogP contribution in [0.15, 0.2) is 185 Å². The summed E-state index contributed by atoms with van der Waals surface area (Å²) in [5.74, 6) is 3.00. The van der Waals surface area contributed by atoms with Gasteiger partial charge in [-0.05, 0) is 146 Å². The van der Waals surface area contributed by atoms with Crippen molar-refractivity contribution in [3.05, 3.63) is 202 Å². The van der Waals surface area contributed by atoms with Gasteiger partial charge in [-0.25, -0.2) is 5.32 Å². The highest BCUT2D eigenvalue weighted by Gasteiger charge is 2.57. The standard InChI is InChI=1S/C63H69N5S/c1-63-37-18-17-32-55(63)68(47-28-15-6-16-29-47)58-53(63)35-34-50-51-38-45(33-36-54(51)69-59(50)58)57-52(62-66-60(43-24-11-4-12-25-43)65-61(67-62)44-26-13-5-14-27-44)39-46(40-64-57)56-48(41-20-7-2-8-21-41)30-19-31-49(56)42-22-9-3-10-23-42/h2-4,6-7,9,11-13,15,17-20,22,24-26,28,30-31,34-35,38,44,46,50-51,54-55,59-61,65-67H,5,8,10,14,16,21,23,27,29,32-33,36-37,39-40H2,1H3/p+1. The Labute approximate surface area is 415 Å². The van der Waals surface area contributed by atoms with E-state index in [9.17, 15) is 0 Å². The molecule has 2 fully saturated rings. The molecule has 4 N–H and O–H groups in total. The van der Waals surface area contributed by atoms with Crippen LogP contribution in [0.3, 0.4) is 0 Å². The number of thioether (sulfide) groups is 1. The minimum absolute atomic E-state index is 0.0123. The minimum atomic E-state index is 0.0123. The molecule has 7 aliphatic carbocycles. The van der Waals surface area contributed by atoms with Crippen LogP contribution >= 0.6 is 11.8 Å². The molecule has 6 heteroatoms. The zero-order valence-electron chi connectivity index (χ0n) is 40.5. The van der Waals surface area contributed by atoms with Crippen molar-refractivity contribution in [3.8, 4) is 0 Å². The quantitative estimate of drug-likeness (QED) is 0.242. The zero-order valence-corrected chi connectivity index (χ0v) is 41.4. The average molecular weight is 929 g/mol. The van der Waals surface area contributed by atoms with E-state index in [4.69, 9.17) is 4.99 Å². The lowest BCUT2D eigenvalue weighted by atomic mass is 9.69. The number of hydrogen-bond donors (Lipinski definition) is 3. The monoisotopic (exact) mass is 929 g/mol. The van der Waals surface area contributed by atoms with E-state index in [2.05, 4.69) is 185 Å². The number of rotatable bonds is 7. The van der Waals surface area contributed by atoms with Gasteiger partial charge < -0.3 is 10.2 Å². The number of nitrogens with two attached hydrogens (primary N) is 1. The number of benzene rings is 2. The first-order valence-electron chi connectivity index (χ1n) is 26.9. The Morgan fingerprint density at radius 1 is 0.768 bits per heavy atom. The van der Waals surface area contributed by atoms with Gasteiger partial charge in [0.05, 0.1) is 16.5 Å². The van der Waals surface area contributed by atoms with E-state index in [1.807, 2.05) is 0 Å². The summed E-state index contributed by atoms with van der Waals surface area (Å²) in [6.45, 7) is 3.39. The number of allylic oxidation sites excluding steroid dienone is 19. The Morgan fingerprint density at radius 3 is 2.30 bits per heavy atom. The molecule has 0 radical (unpaired) electrons. The van der Waals surface area contributed by atoms with Gasteiger partial charge in [0.2, 0.25) is 5.82 Å². The summed E-state index contributed by atoms with van der Waals surface area (Å²) in [4.78, 5) is 8.83. The molecule has 352 valence electrons. The molecular formula is C63H70N5S+. The van der Waals surface area contributed by atoms with Crippen molar-refractivity contribution in [1.29, 1.82) is 0 Å². The molecule has 4 heterocycles. The van der Waals surface area contributed by atoms with E-state index in [0.717, 1.165) is 70.8 Å². The fraction of sp³-hybridized carbons (Fsp3) is 0.413. The van der Waals surface area contributed by atoms with Crippen LogP contribution in [-0.2, 0) is 0 Å². The van der Waals surface area contributed by atoms with Gasteiger partial charge in [-0.1, -0.05) is 147 Å². The number of quaternary nitrogens is 1. The molecule has 0 aromatic heterocycles. The van der Waals surface area contributed by atoms with Crippen LogP contribution in [0.4, 0.5) is 0 Å². The van der Waals surface area contributed by atoms with Crippen molar-refractivity contribution in [2.75, 3.05) is 6.54 Å². The molecule has 0 saturated carbocycles. The lowest BCUT2D eigenvalue weighted by Crippen LogP contribution is -2.98. The third kappa shape index (κ3) is 7.88. The predicted octanol–water partition coefficient (Wildman–Crippen LogP) is 13.0. The van der Waals surface area contributed by atoms with Crippen LogP contribution in [0.2, 0.25) is 0 Å². The number of nitrogens with one attached hydrogen (secondary N) is 2. The second kappa shape index (κ2) is 18.6. The van der Waals surface area contributed by atoms with Gasteiger partial charge >= 0.3 is 0 Å². The number of hydrogen-bond acceptors (Lipinski definition) is 5. The fourth-order valence-electron chi connectivity index (χ4n) is 14.4. The first-order chi connectivity index (χ1) is 34.1. The Kier molecular flexibility index (Phi) is 11.8. The molecule has 11 aliphatic rings. The Balaban J connectivity index is 0.918. The van der Waals surface area contributed by atoms with E-state index >= 15 is 0 Å². The predicted molar refractivity (Wildman–Crippen MR) is 288 cm³/mol. The highest BCUT2D eigenvalue weighted by molar-refractivity contribution is 8.01. The maximum absolute atomic E-state index is 5.94. The van der Waals surface area contributed by atoms with Gasteiger partial charge in [0.1, 0.15) is 6.17 Å². The van der Waals surface area contributed by atoms with Gasteiger partial charge in [0.15, 0.2) is 6.17 Å². The summed E-state index contributed by atoms with van der Waals surface area (Å²) in [6.07, 6.45) is 55.1. The van der Waals surface area contributed by atoms with Crippen LogP contribution < -0.4 is 16.0 Å². The van der Waals surface area contributed by atoms with Crippen molar-refractivity contribution in [3.63, 3.8) is 0 Å². The summed E-state index contributed by atoms with van der Waals surface area (Å²) < 4.78 is 0. The number of nitrogens with zero attached hydrogens (tertiary/aromatic N) is 2. The maximum atomic E-state index is 5.94. The normalized spacial score (nSPS) is 35.6. The van der Waals surface area contributed by atoms with Gasteiger partial charge in [-0.15, -0.1) is 11.8 Å². The van der Waals surface area contributed by atoms with Crippen molar-refractivity contribution in [1.82, 2.24) is 15.5 Å². The highest BCUT2D eigenvalue weighted by atomic mass is 32.2. The molecule has 0 spiro atoms. The zero-order chi connectivity index (χ0) is 45.9. The van der Waals surface area contributed by atoms with E-state index < -0.39 is 0 Å². The van der Waals surface area contributed by atoms with Crippen LogP contribution in [0.1, 0.15) is 131 Å². The van der Waals surface area contributed by atoms with E-state index in [-0.39, 0.29) is 23.7 Å². The largest absolute Gasteiger partial charge is 0.343 e. The molecule has 5 nitrogen and oxygen atoms in total.